The van der Waals surface area contributed by atoms with Gasteiger partial charge in [-0.15, -0.1) is 0 Å². The Balaban J connectivity index is 1.52. The van der Waals surface area contributed by atoms with E-state index < -0.39 is 53.9 Å². The number of hydrogen-bond acceptors (Lipinski definition) is 5. The average Bonchev–Trinajstić information content (AvgIpc) is 3.51. The minimum Gasteiger partial charge on any atom is -0.325 e. The molecular formula is C30H26FN5O4. The summed E-state index contributed by atoms with van der Waals surface area (Å²) in [5.74, 6) is -4.76. The number of likely N-dealkylation sites (tertiary alicyclic amines) is 1. The van der Waals surface area contributed by atoms with Crippen LogP contribution >= 0.6 is 0 Å². The first kappa shape index (κ1) is 22.9. The van der Waals surface area contributed by atoms with Crippen molar-refractivity contribution in [2.75, 3.05) is 24.2 Å². The lowest BCUT2D eigenvalue weighted by Gasteiger charge is -2.32. The first-order valence-electron chi connectivity index (χ1n) is 14.0. The van der Waals surface area contributed by atoms with Crippen LogP contribution in [0.4, 0.5) is 15.8 Å². The van der Waals surface area contributed by atoms with Crippen molar-refractivity contribution in [1.82, 2.24) is 9.80 Å². The number of carbonyl (C=O) groups excluding carboxylic acids is 4. The van der Waals surface area contributed by atoms with E-state index in [1.54, 1.807) is 54.6 Å². The fourth-order valence-corrected chi connectivity index (χ4v) is 5.27. The minimum absolute atomic E-state index is 0.0353. The lowest BCUT2D eigenvalue weighted by Crippen LogP contribution is -2.54. The molecule has 2 N–H and O–H groups in total. The summed E-state index contributed by atoms with van der Waals surface area (Å²) in [6, 6.07) is 18.9. The summed E-state index contributed by atoms with van der Waals surface area (Å²) in [5.41, 5.74) is 0.439. The molecule has 0 radical (unpaired) electrons. The summed E-state index contributed by atoms with van der Waals surface area (Å²) in [4.78, 5) is 55.4. The van der Waals surface area contributed by atoms with Crippen LogP contribution in [0.2, 0.25) is 0 Å². The van der Waals surface area contributed by atoms with E-state index in [-0.39, 0.29) is 30.0 Å². The van der Waals surface area contributed by atoms with Gasteiger partial charge in [0.05, 0.1) is 11.5 Å². The van der Waals surface area contributed by atoms with E-state index in [0.29, 0.717) is 16.8 Å². The summed E-state index contributed by atoms with van der Waals surface area (Å²) < 4.78 is 37.9. The van der Waals surface area contributed by atoms with Gasteiger partial charge in [0.2, 0.25) is 11.8 Å². The number of likely N-dealkylation sites (N-methyl/N-ethyl adjacent to an activating group) is 1. The second-order valence-electron chi connectivity index (χ2n) is 9.74. The zero-order valence-corrected chi connectivity index (χ0v) is 21.1. The number of fused-ring (bicyclic) bond motifs is 2. The summed E-state index contributed by atoms with van der Waals surface area (Å²) in [7, 11) is 0. The van der Waals surface area contributed by atoms with Gasteiger partial charge in [-0.3, -0.25) is 19.2 Å². The summed E-state index contributed by atoms with van der Waals surface area (Å²) in [6.45, 7) is -3.49. The molecule has 2 aliphatic heterocycles. The number of rotatable bonds is 5. The predicted octanol–water partition coefficient (Wildman–Crippen LogP) is 2.85. The molecule has 1 saturated heterocycles. The minimum atomic E-state index is -3.26. The topological polar surface area (TPSA) is 123 Å². The molecule has 1 fully saturated rings. The molecule has 202 valence electrons. The SMILES string of the molecule is [2H]C([2H])([2H])N(C(=O)C(=O)Nc1ccc(F)cc1)[C@@H](Cc1ccccc1)C(=O)N1C[C@]2(C[C@H]1C#N)C(=O)Nc1ccccc12. The van der Waals surface area contributed by atoms with Crippen LogP contribution in [0.1, 0.15) is 21.7 Å². The maximum Gasteiger partial charge on any atom is 0.313 e. The molecule has 2 aliphatic rings. The number of carbonyl (C=O) groups is 4. The Bertz CT molecular complexity index is 1630. The van der Waals surface area contributed by atoms with E-state index in [1.165, 1.54) is 12.1 Å². The molecule has 10 heteroatoms. The van der Waals surface area contributed by atoms with E-state index in [2.05, 4.69) is 16.7 Å². The summed E-state index contributed by atoms with van der Waals surface area (Å²) >= 11 is 0. The Hall–Kier alpha value is -5.04. The molecule has 0 aromatic heterocycles. The second-order valence-corrected chi connectivity index (χ2v) is 9.74. The third-order valence-corrected chi connectivity index (χ3v) is 7.30. The highest BCUT2D eigenvalue weighted by atomic mass is 19.1. The van der Waals surface area contributed by atoms with Crippen molar-refractivity contribution in [1.29, 1.82) is 5.26 Å². The first-order chi connectivity index (χ1) is 20.4. The number of nitrogens with one attached hydrogen (secondary N) is 2. The highest BCUT2D eigenvalue weighted by molar-refractivity contribution is 6.39. The molecule has 3 aromatic carbocycles. The number of amides is 4. The normalized spacial score (nSPS) is 21.3. The molecule has 1 spiro atoms. The molecule has 3 aromatic rings. The van der Waals surface area contributed by atoms with Crippen LogP contribution in [0.3, 0.4) is 0 Å². The van der Waals surface area contributed by atoms with E-state index in [9.17, 15) is 28.8 Å². The molecule has 3 atom stereocenters. The fraction of sp³-hybridized carbons (Fsp3) is 0.233. The number of nitrogens with zero attached hydrogens (tertiary/aromatic N) is 3. The maximum absolute atomic E-state index is 14.3. The molecule has 0 bridgehead atoms. The second kappa shape index (κ2) is 10.6. The van der Waals surface area contributed by atoms with Crippen molar-refractivity contribution < 1.29 is 27.7 Å². The average molecular weight is 543 g/mol. The number of benzene rings is 3. The Labute approximate surface area is 234 Å². The van der Waals surface area contributed by atoms with E-state index in [0.717, 1.165) is 17.0 Å². The van der Waals surface area contributed by atoms with Crippen molar-refractivity contribution >= 4 is 35.0 Å². The quantitative estimate of drug-likeness (QED) is 0.480. The molecular weight excluding hydrogens is 513 g/mol. The summed E-state index contributed by atoms with van der Waals surface area (Å²) in [5, 5.41) is 15.1. The van der Waals surface area contributed by atoms with Crippen LogP contribution in [0.25, 0.3) is 0 Å². The van der Waals surface area contributed by atoms with Gasteiger partial charge in [-0.25, -0.2) is 4.39 Å². The van der Waals surface area contributed by atoms with Gasteiger partial charge in [0.15, 0.2) is 0 Å². The van der Waals surface area contributed by atoms with Crippen LogP contribution in [-0.4, -0.2) is 59.0 Å². The monoisotopic (exact) mass is 542 g/mol. The van der Waals surface area contributed by atoms with Crippen LogP contribution in [0.15, 0.2) is 78.9 Å². The smallest absolute Gasteiger partial charge is 0.313 e. The molecule has 0 saturated carbocycles. The molecule has 2 heterocycles. The van der Waals surface area contributed by atoms with E-state index in [1.807, 2.05) is 0 Å². The van der Waals surface area contributed by atoms with Crippen molar-refractivity contribution in [3.63, 3.8) is 0 Å². The predicted molar refractivity (Wildman–Crippen MR) is 144 cm³/mol. The van der Waals surface area contributed by atoms with Gasteiger partial charge >= 0.3 is 11.8 Å². The van der Waals surface area contributed by atoms with Crippen molar-refractivity contribution in [2.45, 2.75) is 30.3 Å². The van der Waals surface area contributed by atoms with Crippen molar-refractivity contribution in [3.8, 4) is 6.07 Å². The van der Waals surface area contributed by atoms with Crippen LogP contribution in [0.5, 0.6) is 0 Å². The van der Waals surface area contributed by atoms with Crippen molar-refractivity contribution in [3.05, 3.63) is 95.8 Å². The highest BCUT2D eigenvalue weighted by Crippen LogP contribution is 2.46. The lowest BCUT2D eigenvalue weighted by molar-refractivity contribution is -0.149. The Morgan fingerprint density at radius 2 is 1.85 bits per heavy atom. The van der Waals surface area contributed by atoms with Gasteiger partial charge in [-0.1, -0.05) is 48.5 Å². The Morgan fingerprint density at radius 1 is 1.15 bits per heavy atom. The van der Waals surface area contributed by atoms with E-state index in [4.69, 9.17) is 4.11 Å². The maximum atomic E-state index is 14.3. The number of nitriles is 1. The van der Waals surface area contributed by atoms with Gasteiger partial charge in [0.1, 0.15) is 17.9 Å². The standard InChI is InChI=1S/C30H26FN5O4/c1-35(28(39)26(37)33-21-13-11-20(31)12-14-21)25(15-19-7-3-2-4-8-19)27(38)36-18-30(16-22(36)17-32)23-9-5-6-10-24(23)34-29(30)40/h2-14,22,25H,15-16,18H2,1H3,(H,33,37)(H,34,40)/t22-,25-,30-/m0/s1/i1D3. The molecule has 9 nitrogen and oxygen atoms in total. The zero-order valence-electron chi connectivity index (χ0n) is 24.1. The fourth-order valence-electron chi connectivity index (χ4n) is 5.27. The zero-order chi connectivity index (χ0) is 30.9. The molecule has 0 aliphatic carbocycles. The van der Waals surface area contributed by atoms with Crippen molar-refractivity contribution in [2.24, 2.45) is 0 Å². The number of para-hydroxylation sites is 1. The molecule has 4 amide bonds. The number of anilines is 2. The largest absolute Gasteiger partial charge is 0.325 e. The first-order valence-corrected chi connectivity index (χ1v) is 12.5. The third-order valence-electron chi connectivity index (χ3n) is 7.30. The highest BCUT2D eigenvalue weighted by Gasteiger charge is 2.56. The number of halogens is 1. The Morgan fingerprint density at radius 3 is 2.55 bits per heavy atom. The molecule has 0 unspecified atom stereocenters. The third kappa shape index (κ3) is 4.78. The Kier molecular flexibility index (Phi) is 6.08. The van der Waals surface area contributed by atoms with Gasteiger partial charge in [-0.2, -0.15) is 5.26 Å². The van der Waals surface area contributed by atoms with Gasteiger partial charge in [0, 0.05) is 41.8 Å². The summed E-state index contributed by atoms with van der Waals surface area (Å²) in [6.07, 6.45) is -0.332. The van der Waals surface area contributed by atoms with Gasteiger partial charge < -0.3 is 20.4 Å². The molecule has 40 heavy (non-hydrogen) atoms. The van der Waals surface area contributed by atoms with E-state index >= 15 is 0 Å². The van der Waals surface area contributed by atoms with Crippen LogP contribution in [0, 0.1) is 17.1 Å². The van der Waals surface area contributed by atoms with Crippen LogP contribution < -0.4 is 10.6 Å². The van der Waals surface area contributed by atoms with Crippen LogP contribution in [-0.2, 0) is 31.0 Å². The van der Waals surface area contributed by atoms with Gasteiger partial charge in [0.25, 0.3) is 0 Å². The lowest BCUT2D eigenvalue weighted by atomic mass is 9.80. The van der Waals surface area contributed by atoms with Gasteiger partial charge in [-0.05, 0) is 41.5 Å². The molecule has 5 rings (SSSR count). The number of hydrogen-bond donors (Lipinski definition) is 2.